The van der Waals surface area contributed by atoms with Gasteiger partial charge in [0.15, 0.2) is 0 Å². The highest BCUT2D eigenvalue weighted by atomic mass is 32.1. The summed E-state index contributed by atoms with van der Waals surface area (Å²) in [5.74, 6) is 1.35. The Bertz CT molecular complexity index is 523. The van der Waals surface area contributed by atoms with Gasteiger partial charge in [0.2, 0.25) is 0 Å². The van der Waals surface area contributed by atoms with Crippen LogP contribution in [0.4, 0.5) is 10.8 Å². The Balaban J connectivity index is 1.95. The molecule has 3 N–H and O–H groups in total. The van der Waals surface area contributed by atoms with Gasteiger partial charge in [0.05, 0.1) is 5.56 Å². The summed E-state index contributed by atoms with van der Waals surface area (Å²) in [5, 5.41) is 4.58. The highest BCUT2D eigenvalue weighted by Crippen LogP contribution is 2.41. The van der Waals surface area contributed by atoms with Crippen molar-refractivity contribution in [2.24, 2.45) is 5.92 Å². The van der Waals surface area contributed by atoms with Crippen LogP contribution >= 0.6 is 11.5 Å². The number of nitrogens with two attached hydrogens (primary N) is 1. The number of pyridine rings is 1. The Labute approximate surface area is 104 Å². The van der Waals surface area contributed by atoms with Gasteiger partial charge in [-0.1, -0.05) is 6.92 Å². The van der Waals surface area contributed by atoms with E-state index in [1.807, 2.05) is 12.1 Å². The van der Waals surface area contributed by atoms with Crippen molar-refractivity contribution in [3.05, 3.63) is 24.5 Å². The van der Waals surface area contributed by atoms with Gasteiger partial charge in [-0.15, -0.1) is 0 Å². The van der Waals surface area contributed by atoms with Crippen LogP contribution in [0, 0.1) is 5.92 Å². The standard InChI is InChI=1S/C12H14N4S/c1-7-6-9(7)15-12-10(11(13)16-17-12)8-2-4-14-5-3-8/h2-5,7,9,15H,6H2,1H3,(H2,13,16). The first-order valence-electron chi connectivity index (χ1n) is 5.68. The molecule has 17 heavy (non-hydrogen) atoms. The summed E-state index contributed by atoms with van der Waals surface area (Å²) in [6, 6.07) is 4.50. The molecule has 4 nitrogen and oxygen atoms in total. The van der Waals surface area contributed by atoms with Crippen molar-refractivity contribution in [1.82, 2.24) is 9.36 Å². The van der Waals surface area contributed by atoms with E-state index in [9.17, 15) is 0 Å². The lowest BCUT2D eigenvalue weighted by atomic mass is 10.1. The Morgan fingerprint density at radius 2 is 2.12 bits per heavy atom. The van der Waals surface area contributed by atoms with E-state index in [-0.39, 0.29) is 0 Å². The Hall–Kier alpha value is -1.62. The van der Waals surface area contributed by atoms with Crippen LogP contribution in [0.25, 0.3) is 11.1 Å². The highest BCUT2D eigenvalue weighted by Gasteiger charge is 2.33. The molecule has 0 radical (unpaired) electrons. The molecular formula is C12H14N4S. The van der Waals surface area contributed by atoms with Crippen molar-refractivity contribution < 1.29 is 0 Å². The van der Waals surface area contributed by atoms with Crippen LogP contribution in [0.2, 0.25) is 0 Å². The summed E-state index contributed by atoms with van der Waals surface area (Å²) in [4.78, 5) is 4.02. The zero-order valence-electron chi connectivity index (χ0n) is 9.55. The smallest absolute Gasteiger partial charge is 0.147 e. The van der Waals surface area contributed by atoms with Crippen LogP contribution in [0.1, 0.15) is 13.3 Å². The number of nitrogens with one attached hydrogen (secondary N) is 1. The number of nitrogen functional groups attached to an aromatic ring is 1. The molecule has 88 valence electrons. The second-order valence-electron chi connectivity index (χ2n) is 4.47. The van der Waals surface area contributed by atoms with E-state index in [4.69, 9.17) is 5.73 Å². The summed E-state index contributed by atoms with van der Waals surface area (Å²) in [5.41, 5.74) is 8.03. The molecule has 1 aliphatic carbocycles. The van der Waals surface area contributed by atoms with Gasteiger partial charge < -0.3 is 11.1 Å². The minimum atomic E-state index is 0.579. The molecular weight excluding hydrogens is 232 g/mol. The topological polar surface area (TPSA) is 63.8 Å². The van der Waals surface area contributed by atoms with E-state index in [0.29, 0.717) is 11.9 Å². The lowest BCUT2D eigenvalue weighted by molar-refractivity contribution is 0.932. The van der Waals surface area contributed by atoms with E-state index in [0.717, 1.165) is 22.0 Å². The number of hydrogen-bond acceptors (Lipinski definition) is 5. The van der Waals surface area contributed by atoms with E-state index < -0.39 is 0 Å². The summed E-state index contributed by atoms with van der Waals surface area (Å²) in [7, 11) is 0. The lowest BCUT2D eigenvalue weighted by Crippen LogP contribution is -2.03. The Morgan fingerprint density at radius 1 is 1.41 bits per heavy atom. The number of hydrogen-bond donors (Lipinski definition) is 2. The van der Waals surface area contributed by atoms with Gasteiger partial charge in [-0.3, -0.25) is 4.98 Å². The highest BCUT2D eigenvalue weighted by molar-refractivity contribution is 7.11. The molecule has 0 aromatic carbocycles. The quantitative estimate of drug-likeness (QED) is 0.873. The third kappa shape index (κ3) is 1.98. The molecule has 0 amide bonds. The molecule has 1 saturated carbocycles. The van der Waals surface area contributed by atoms with Crippen LogP contribution in [0.15, 0.2) is 24.5 Å². The molecule has 2 atom stereocenters. The first kappa shape index (κ1) is 10.5. The SMILES string of the molecule is CC1CC1Nc1snc(N)c1-c1ccncc1. The molecule has 2 unspecified atom stereocenters. The molecule has 2 aromatic heterocycles. The maximum absolute atomic E-state index is 5.94. The van der Waals surface area contributed by atoms with Crippen LogP contribution in [-0.4, -0.2) is 15.4 Å². The van der Waals surface area contributed by atoms with Crippen LogP contribution in [0.5, 0.6) is 0 Å². The van der Waals surface area contributed by atoms with Gasteiger partial charge in [0.25, 0.3) is 0 Å². The lowest BCUT2D eigenvalue weighted by Gasteiger charge is -2.06. The minimum absolute atomic E-state index is 0.579. The fourth-order valence-electron chi connectivity index (χ4n) is 1.89. The maximum atomic E-state index is 5.94. The van der Waals surface area contributed by atoms with Crippen molar-refractivity contribution in [2.45, 2.75) is 19.4 Å². The Morgan fingerprint density at radius 3 is 2.76 bits per heavy atom. The number of rotatable bonds is 3. The van der Waals surface area contributed by atoms with E-state index >= 15 is 0 Å². The average molecular weight is 246 g/mol. The third-order valence-corrected chi connectivity index (χ3v) is 3.91. The van der Waals surface area contributed by atoms with Crippen LogP contribution in [0.3, 0.4) is 0 Å². The van der Waals surface area contributed by atoms with Gasteiger partial charge in [-0.2, -0.15) is 4.37 Å². The molecule has 0 spiro atoms. The predicted octanol–water partition coefficient (Wildman–Crippen LogP) is 2.61. The van der Waals surface area contributed by atoms with Crippen molar-refractivity contribution in [1.29, 1.82) is 0 Å². The number of nitrogens with zero attached hydrogens (tertiary/aromatic N) is 2. The monoisotopic (exact) mass is 246 g/mol. The summed E-state index contributed by atoms with van der Waals surface area (Å²) in [6.07, 6.45) is 4.78. The third-order valence-electron chi connectivity index (χ3n) is 3.11. The molecule has 0 aliphatic heterocycles. The van der Waals surface area contributed by atoms with Crippen LogP contribution in [-0.2, 0) is 0 Å². The maximum Gasteiger partial charge on any atom is 0.147 e. The molecule has 1 fully saturated rings. The summed E-state index contributed by atoms with van der Waals surface area (Å²) in [6.45, 7) is 2.24. The molecule has 5 heteroatoms. The molecule has 2 heterocycles. The predicted molar refractivity (Wildman–Crippen MR) is 70.9 cm³/mol. The molecule has 2 aromatic rings. The normalized spacial score (nSPS) is 22.4. The van der Waals surface area contributed by atoms with Gasteiger partial charge in [-0.05, 0) is 41.6 Å². The van der Waals surface area contributed by atoms with Crippen LogP contribution < -0.4 is 11.1 Å². The van der Waals surface area contributed by atoms with E-state index in [1.54, 1.807) is 12.4 Å². The molecule has 0 bridgehead atoms. The first-order valence-corrected chi connectivity index (χ1v) is 6.45. The molecule has 1 aliphatic rings. The second kappa shape index (κ2) is 4.00. The van der Waals surface area contributed by atoms with E-state index in [1.165, 1.54) is 18.0 Å². The van der Waals surface area contributed by atoms with Crippen molar-refractivity contribution in [3.63, 3.8) is 0 Å². The van der Waals surface area contributed by atoms with E-state index in [2.05, 4.69) is 21.6 Å². The molecule has 0 saturated heterocycles. The van der Waals surface area contributed by atoms with Crippen molar-refractivity contribution >= 4 is 22.4 Å². The fraction of sp³-hybridized carbons (Fsp3) is 0.333. The first-order chi connectivity index (χ1) is 8.25. The second-order valence-corrected chi connectivity index (χ2v) is 5.25. The number of anilines is 2. The average Bonchev–Trinajstić information content (AvgIpc) is 2.90. The van der Waals surface area contributed by atoms with Crippen molar-refractivity contribution in [2.75, 3.05) is 11.1 Å². The minimum Gasteiger partial charge on any atom is -0.382 e. The van der Waals surface area contributed by atoms with Gasteiger partial charge in [0.1, 0.15) is 10.8 Å². The summed E-state index contributed by atoms with van der Waals surface area (Å²) >= 11 is 1.43. The fourth-order valence-corrected chi connectivity index (χ4v) is 2.69. The van der Waals surface area contributed by atoms with Gasteiger partial charge >= 0.3 is 0 Å². The van der Waals surface area contributed by atoms with Gasteiger partial charge in [0, 0.05) is 18.4 Å². The molecule has 3 rings (SSSR count). The largest absolute Gasteiger partial charge is 0.382 e. The van der Waals surface area contributed by atoms with Gasteiger partial charge in [-0.25, -0.2) is 0 Å². The zero-order chi connectivity index (χ0) is 11.8. The Kier molecular flexibility index (Phi) is 2.48. The van der Waals surface area contributed by atoms with Crippen molar-refractivity contribution in [3.8, 4) is 11.1 Å². The summed E-state index contributed by atoms with van der Waals surface area (Å²) < 4.78 is 4.24. The zero-order valence-corrected chi connectivity index (χ0v) is 10.4. The number of aromatic nitrogens is 2.